The van der Waals surface area contributed by atoms with Gasteiger partial charge in [0.15, 0.2) is 0 Å². The van der Waals surface area contributed by atoms with Crippen molar-refractivity contribution in [3.05, 3.63) is 6.92 Å². The molecule has 0 aliphatic rings. The first-order valence-electron chi connectivity index (χ1n) is 2.91. The lowest BCUT2D eigenvalue weighted by Gasteiger charge is -2.11. The van der Waals surface area contributed by atoms with Gasteiger partial charge in [0.2, 0.25) is 0 Å². The molecule has 0 amide bonds. The highest BCUT2D eigenvalue weighted by Gasteiger charge is 2.29. The molecule has 1 unspecified atom stereocenters. The van der Waals surface area contributed by atoms with Crippen molar-refractivity contribution in [1.29, 1.82) is 0 Å². The van der Waals surface area contributed by atoms with E-state index in [4.69, 9.17) is 11.6 Å². The third kappa shape index (κ3) is 6.20. The third-order valence-electron chi connectivity index (χ3n) is 1.04. The predicted molar refractivity (Wildman–Crippen MR) is 34.9 cm³/mol. The minimum atomic E-state index is -4.10. The molecule has 0 N–H and O–H groups in total. The zero-order chi connectivity index (χ0) is 8.20. The molecular formula is C6H9ClF3. The van der Waals surface area contributed by atoms with Crippen LogP contribution >= 0.6 is 11.6 Å². The van der Waals surface area contributed by atoms with E-state index < -0.39 is 18.5 Å². The van der Waals surface area contributed by atoms with Gasteiger partial charge in [0.25, 0.3) is 0 Å². The first-order chi connectivity index (χ1) is 4.45. The average molecular weight is 174 g/mol. The Morgan fingerprint density at radius 2 is 1.90 bits per heavy atom. The number of hydrogen-bond donors (Lipinski definition) is 0. The summed E-state index contributed by atoms with van der Waals surface area (Å²) in [5, 5.41) is 0. The van der Waals surface area contributed by atoms with Gasteiger partial charge in [0.05, 0.1) is 0 Å². The lowest BCUT2D eigenvalue weighted by Crippen LogP contribution is -2.13. The second-order valence-corrected chi connectivity index (χ2v) is 2.54. The van der Waals surface area contributed by atoms with E-state index in [0.29, 0.717) is 6.42 Å². The lowest BCUT2D eigenvalue weighted by atomic mass is 10.1. The fraction of sp³-hybridized carbons (Fsp3) is 0.833. The van der Waals surface area contributed by atoms with Crippen LogP contribution in [0.2, 0.25) is 0 Å². The molecule has 0 fully saturated rings. The minimum absolute atomic E-state index is 0.240. The van der Waals surface area contributed by atoms with Gasteiger partial charge in [0, 0.05) is 12.3 Å². The van der Waals surface area contributed by atoms with Crippen LogP contribution in [-0.4, -0.2) is 12.1 Å². The van der Waals surface area contributed by atoms with E-state index in [1.54, 1.807) is 0 Å². The maximum absolute atomic E-state index is 11.5. The molecule has 1 atom stereocenters. The van der Waals surface area contributed by atoms with Crippen LogP contribution in [0.1, 0.15) is 12.8 Å². The summed E-state index contributed by atoms with van der Waals surface area (Å²) in [7, 11) is 0. The van der Waals surface area contributed by atoms with Crippen molar-refractivity contribution < 1.29 is 13.2 Å². The number of alkyl halides is 4. The van der Waals surface area contributed by atoms with Gasteiger partial charge in [-0.2, -0.15) is 13.2 Å². The summed E-state index contributed by atoms with van der Waals surface area (Å²) in [6, 6.07) is 0. The van der Waals surface area contributed by atoms with Crippen molar-refractivity contribution in [3.8, 4) is 0 Å². The monoisotopic (exact) mass is 173 g/mol. The van der Waals surface area contributed by atoms with Crippen molar-refractivity contribution in [2.24, 2.45) is 5.92 Å². The van der Waals surface area contributed by atoms with E-state index in [-0.39, 0.29) is 5.88 Å². The van der Waals surface area contributed by atoms with E-state index in [1.807, 2.05) is 0 Å². The topological polar surface area (TPSA) is 0 Å². The van der Waals surface area contributed by atoms with E-state index in [9.17, 15) is 13.2 Å². The molecule has 0 aliphatic heterocycles. The van der Waals surface area contributed by atoms with Crippen LogP contribution in [0.4, 0.5) is 13.2 Å². The van der Waals surface area contributed by atoms with Crippen molar-refractivity contribution in [1.82, 2.24) is 0 Å². The summed E-state index contributed by atoms with van der Waals surface area (Å²) < 4.78 is 34.6. The van der Waals surface area contributed by atoms with Crippen molar-refractivity contribution in [2.75, 3.05) is 5.88 Å². The largest absolute Gasteiger partial charge is 0.389 e. The third-order valence-corrected chi connectivity index (χ3v) is 1.26. The minimum Gasteiger partial charge on any atom is -0.171 e. The Bertz CT molecular complexity index is 89.5. The molecule has 0 spiro atoms. The Morgan fingerprint density at radius 1 is 1.40 bits per heavy atom. The van der Waals surface area contributed by atoms with E-state index in [2.05, 4.69) is 6.92 Å². The molecule has 0 saturated carbocycles. The Hall–Kier alpha value is 0.0800. The molecule has 4 heteroatoms. The predicted octanol–water partition coefficient (Wildman–Crippen LogP) is 3.02. The number of rotatable bonds is 3. The summed E-state index contributed by atoms with van der Waals surface area (Å²) in [5.41, 5.74) is 0. The molecule has 0 aromatic heterocycles. The maximum atomic E-state index is 11.5. The van der Waals surface area contributed by atoms with Crippen LogP contribution in [0.25, 0.3) is 0 Å². The van der Waals surface area contributed by atoms with Crippen molar-refractivity contribution in [2.45, 2.75) is 19.0 Å². The molecule has 0 heterocycles. The normalized spacial score (nSPS) is 15.3. The molecule has 0 saturated heterocycles. The summed E-state index contributed by atoms with van der Waals surface area (Å²) >= 11 is 5.22. The van der Waals surface area contributed by atoms with Crippen molar-refractivity contribution >= 4 is 11.6 Å². The van der Waals surface area contributed by atoms with E-state index >= 15 is 0 Å². The van der Waals surface area contributed by atoms with E-state index in [1.165, 1.54) is 0 Å². The van der Waals surface area contributed by atoms with Crippen LogP contribution in [0.3, 0.4) is 0 Å². The van der Waals surface area contributed by atoms with Gasteiger partial charge >= 0.3 is 6.18 Å². The average Bonchev–Trinajstić information content (AvgIpc) is 1.59. The van der Waals surface area contributed by atoms with Gasteiger partial charge in [-0.3, -0.25) is 0 Å². The Balaban J connectivity index is 3.47. The summed E-state index contributed by atoms with van der Waals surface area (Å²) in [6.07, 6.45) is -4.61. The quantitative estimate of drug-likeness (QED) is 0.576. The first kappa shape index (κ1) is 10.1. The zero-order valence-electron chi connectivity index (χ0n) is 5.42. The molecule has 61 valence electrons. The van der Waals surface area contributed by atoms with Gasteiger partial charge in [-0.05, 0) is 19.3 Å². The fourth-order valence-corrected chi connectivity index (χ4v) is 0.892. The second-order valence-electron chi connectivity index (χ2n) is 2.16. The zero-order valence-corrected chi connectivity index (χ0v) is 6.17. The maximum Gasteiger partial charge on any atom is 0.389 e. The van der Waals surface area contributed by atoms with E-state index in [0.717, 1.165) is 0 Å². The molecule has 10 heavy (non-hydrogen) atoms. The van der Waals surface area contributed by atoms with Crippen LogP contribution in [0, 0.1) is 12.8 Å². The van der Waals surface area contributed by atoms with Gasteiger partial charge in [-0.25, -0.2) is 0 Å². The van der Waals surface area contributed by atoms with Crippen molar-refractivity contribution in [3.63, 3.8) is 0 Å². The van der Waals surface area contributed by atoms with Crippen LogP contribution in [-0.2, 0) is 0 Å². The highest BCUT2D eigenvalue weighted by atomic mass is 35.5. The van der Waals surface area contributed by atoms with Gasteiger partial charge in [-0.1, -0.05) is 0 Å². The molecule has 0 bridgehead atoms. The van der Waals surface area contributed by atoms with Crippen LogP contribution < -0.4 is 0 Å². The summed E-state index contributed by atoms with van der Waals surface area (Å²) in [4.78, 5) is 0. The smallest absolute Gasteiger partial charge is 0.171 e. The molecule has 0 rings (SSSR count). The molecule has 1 radical (unpaired) electrons. The molecule has 0 aliphatic carbocycles. The summed E-state index contributed by atoms with van der Waals surface area (Å²) in [6.45, 7) is 3.31. The van der Waals surface area contributed by atoms with Gasteiger partial charge < -0.3 is 0 Å². The van der Waals surface area contributed by atoms with Crippen LogP contribution in [0.5, 0.6) is 0 Å². The lowest BCUT2D eigenvalue weighted by molar-refractivity contribution is -0.141. The fourth-order valence-electron chi connectivity index (χ4n) is 0.584. The highest BCUT2D eigenvalue weighted by molar-refractivity contribution is 6.17. The molecule has 0 aromatic carbocycles. The standard InChI is InChI=1S/C6H9ClF3/c1-5(2-3-7)4-6(8,9)10/h5H,1-4H2. The SMILES string of the molecule is [CH2]C(CCCl)CC(F)(F)F. The van der Waals surface area contributed by atoms with Gasteiger partial charge in [0.1, 0.15) is 0 Å². The van der Waals surface area contributed by atoms with Gasteiger partial charge in [-0.15, -0.1) is 11.6 Å². The first-order valence-corrected chi connectivity index (χ1v) is 3.45. The summed E-state index contributed by atoms with van der Waals surface area (Å²) in [5.74, 6) is -0.359. The molecule has 0 nitrogen and oxygen atoms in total. The Kier molecular flexibility index (Phi) is 4.09. The molecule has 0 aromatic rings. The Morgan fingerprint density at radius 3 is 2.20 bits per heavy atom. The Labute approximate surface area is 63.4 Å². The highest BCUT2D eigenvalue weighted by Crippen LogP contribution is 2.25. The molecular weight excluding hydrogens is 165 g/mol. The second kappa shape index (κ2) is 4.06. The number of hydrogen-bond acceptors (Lipinski definition) is 0. The number of halogens is 4. The van der Waals surface area contributed by atoms with Crippen LogP contribution in [0.15, 0.2) is 0 Å².